The SMILES string of the molecule is CC(CCC(=O)Cl)c1ccc(F)cc1. The monoisotopic (exact) mass is 214 g/mol. The van der Waals surface area contributed by atoms with E-state index < -0.39 is 0 Å². The molecule has 0 spiro atoms. The Kier molecular flexibility index (Phi) is 4.08. The fraction of sp³-hybridized carbons (Fsp3) is 0.364. The van der Waals surface area contributed by atoms with Crippen LogP contribution >= 0.6 is 11.6 Å². The van der Waals surface area contributed by atoms with Gasteiger partial charge in [-0.1, -0.05) is 19.1 Å². The van der Waals surface area contributed by atoms with Crippen LogP contribution in [-0.4, -0.2) is 5.24 Å². The first-order valence-corrected chi connectivity index (χ1v) is 4.91. The van der Waals surface area contributed by atoms with Gasteiger partial charge in [0.25, 0.3) is 0 Å². The summed E-state index contributed by atoms with van der Waals surface area (Å²) in [6.07, 6.45) is 1.06. The smallest absolute Gasteiger partial charge is 0.221 e. The molecule has 1 atom stereocenters. The normalized spacial score (nSPS) is 12.5. The number of rotatable bonds is 4. The molecule has 0 fully saturated rings. The van der Waals surface area contributed by atoms with Crippen LogP contribution in [0.2, 0.25) is 0 Å². The van der Waals surface area contributed by atoms with Crippen LogP contribution in [0, 0.1) is 5.82 Å². The first-order chi connectivity index (χ1) is 6.59. The Hall–Kier alpha value is -0.890. The van der Waals surface area contributed by atoms with Gasteiger partial charge in [-0.2, -0.15) is 0 Å². The molecule has 0 bridgehead atoms. The molecule has 0 aromatic heterocycles. The first-order valence-electron chi connectivity index (χ1n) is 4.53. The topological polar surface area (TPSA) is 17.1 Å². The van der Waals surface area contributed by atoms with E-state index in [2.05, 4.69) is 0 Å². The minimum Gasteiger partial charge on any atom is -0.281 e. The lowest BCUT2D eigenvalue weighted by molar-refractivity contribution is -0.111. The van der Waals surface area contributed by atoms with Gasteiger partial charge in [0.1, 0.15) is 5.82 Å². The summed E-state index contributed by atoms with van der Waals surface area (Å²) in [4.78, 5) is 10.5. The van der Waals surface area contributed by atoms with Gasteiger partial charge >= 0.3 is 0 Å². The van der Waals surface area contributed by atoms with Gasteiger partial charge in [-0.05, 0) is 41.6 Å². The standard InChI is InChI=1S/C11H12ClFO/c1-8(2-7-11(12)14)9-3-5-10(13)6-4-9/h3-6,8H,2,7H2,1H3. The summed E-state index contributed by atoms with van der Waals surface area (Å²) in [5.41, 5.74) is 1.03. The molecule has 1 aromatic rings. The lowest BCUT2D eigenvalue weighted by atomic mass is 9.97. The van der Waals surface area contributed by atoms with Crippen LogP contribution in [0.3, 0.4) is 0 Å². The predicted molar refractivity (Wildman–Crippen MR) is 54.9 cm³/mol. The highest BCUT2D eigenvalue weighted by molar-refractivity contribution is 6.63. The highest BCUT2D eigenvalue weighted by atomic mass is 35.5. The molecular formula is C11H12ClFO. The Morgan fingerprint density at radius 2 is 2.00 bits per heavy atom. The maximum Gasteiger partial charge on any atom is 0.221 e. The van der Waals surface area contributed by atoms with E-state index in [0.717, 1.165) is 5.56 Å². The number of hydrogen-bond donors (Lipinski definition) is 0. The van der Waals surface area contributed by atoms with Crippen molar-refractivity contribution in [3.05, 3.63) is 35.6 Å². The Morgan fingerprint density at radius 1 is 1.43 bits per heavy atom. The number of benzene rings is 1. The number of carbonyl (C=O) groups excluding carboxylic acids is 1. The maximum atomic E-state index is 12.6. The van der Waals surface area contributed by atoms with Gasteiger partial charge in [0.2, 0.25) is 5.24 Å². The molecule has 0 saturated heterocycles. The average molecular weight is 215 g/mol. The number of hydrogen-bond acceptors (Lipinski definition) is 1. The second-order valence-corrected chi connectivity index (χ2v) is 3.77. The van der Waals surface area contributed by atoms with Crippen molar-refractivity contribution in [2.24, 2.45) is 0 Å². The van der Waals surface area contributed by atoms with Gasteiger partial charge in [0.15, 0.2) is 0 Å². The van der Waals surface area contributed by atoms with Crippen molar-refractivity contribution in [2.45, 2.75) is 25.7 Å². The first kappa shape index (κ1) is 11.2. The highest BCUT2D eigenvalue weighted by Gasteiger charge is 2.07. The van der Waals surface area contributed by atoms with Gasteiger partial charge in [-0.15, -0.1) is 0 Å². The molecule has 0 N–H and O–H groups in total. The van der Waals surface area contributed by atoms with E-state index in [1.165, 1.54) is 12.1 Å². The van der Waals surface area contributed by atoms with Crippen molar-refractivity contribution in [3.63, 3.8) is 0 Å². The molecule has 1 aromatic carbocycles. The Balaban J connectivity index is 2.56. The van der Waals surface area contributed by atoms with E-state index in [4.69, 9.17) is 11.6 Å². The molecule has 76 valence electrons. The summed E-state index contributed by atoms with van der Waals surface area (Å²) < 4.78 is 12.6. The van der Waals surface area contributed by atoms with E-state index in [1.807, 2.05) is 6.92 Å². The molecule has 3 heteroatoms. The van der Waals surface area contributed by atoms with Crippen LogP contribution in [0.25, 0.3) is 0 Å². The third-order valence-corrected chi connectivity index (χ3v) is 2.40. The maximum absolute atomic E-state index is 12.6. The van der Waals surface area contributed by atoms with Crippen LogP contribution in [0.1, 0.15) is 31.2 Å². The molecule has 0 aliphatic carbocycles. The zero-order valence-corrected chi connectivity index (χ0v) is 8.72. The molecule has 0 amide bonds. The van der Waals surface area contributed by atoms with Gasteiger partial charge in [-0.25, -0.2) is 4.39 Å². The molecule has 1 nitrogen and oxygen atoms in total. The van der Waals surface area contributed by atoms with Crippen LogP contribution in [0.4, 0.5) is 4.39 Å². The van der Waals surface area contributed by atoms with E-state index in [9.17, 15) is 9.18 Å². The van der Waals surface area contributed by atoms with Crippen LogP contribution in [0.5, 0.6) is 0 Å². The van der Waals surface area contributed by atoms with E-state index in [0.29, 0.717) is 12.8 Å². The molecule has 0 saturated carbocycles. The fourth-order valence-electron chi connectivity index (χ4n) is 1.29. The van der Waals surface area contributed by atoms with Gasteiger partial charge in [0, 0.05) is 6.42 Å². The minimum atomic E-state index is -0.320. The van der Waals surface area contributed by atoms with Crippen molar-refractivity contribution in [2.75, 3.05) is 0 Å². The molecule has 14 heavy (non-hydrogen) atoms. The summed E-state index contributed by atoms with van der Waals surface area (Å²) in [7, 11) is 0. The number of halogens is 2. The average Bonchev–Trinajstić information content (AvgIpc) is 2.15. The number of carbonyl (C=O) groups is 1. The van der Waals surface area contributed by atoms with Crippen molar-refractivity contribution >= 4 is 16.8 Å². The molecule has 0 radical (unpaired) electrons. The summed E-state index contributed by atoms with van der Waals surface area (Å²) in [5.74, 6) is -0.00679. The van der Waals surface area contributed by atoms with Crippen molar-refractivity contribution in [1.82, 2.24) is 0 Å². The van der Waals surface area contributed by atoms with Gasteiger partial charge in [0.05, 0.1) is 0 Å². The zero-order chi connectivity index (χ0) is 10.6. The summed E-state index contributed by atoms with van der Waals surface area (Å²) in [5, 5.41) is -0.320. The van der Waals surface area contributed by atoms with Crippen LogP contribution < -0.4 is 0 Å². The quantitative estimate of drug-likeness (QED) is 0.702. The molecule has 1 rings (SSSR count). The van der Waals surface area contributed by atoms with E-state index >= 15 is 0 Å². The minimum absolute atomic E-state index is 0.235. The van der Waals surface area contributed by atoms with Gasteiger partial charge < -0.3 is 0 Å². The third kappa shape index (κ3) is 3.46. The second kappa shape index (κ2) is 5.11. The molecule has 0 aliphatic heterocycles. The fourth-order valence-corrected chi connectivity index (χ4v) is 1.40. The lowest BCUT2D eigenvalue weighted by Crippen LogP contribution is -1.96. The predicted octanol–water partition coefficient (Wildman–Crippen LogP) is 3.47. The summed E-state index contributed by atoms with van der Waals surface area (Å²) >= 11 is 5.24. The van der Waals surface area contributed by atoms with E-state index in [1.54, 1.807) is 12.1 Å². The second-order valence-electron chi connectivity index (χ2n) is 3.35. The molecule has 1 unspecified atom stereocenters. The largest absolute Gasteiger partial charge is 0.281 e. The van der Waals surface area contributed by atoms with Gasteiger partial charge in [-0.3, -0.25) is 4.79 Å². The van der Waals surface area contributed by atoms with Crippen LogP contribution in [-0.2, 0) is 4.79 Å². The third-order valence-electron chi connectivity index (χ3n) is 2.21. The molecular weight excluding hydrogens is 203 g/mol. The Morgan fingerprint density at radius 3 is 2.50 bits per heavy atom. The zero-order valence-electron chi connectivity index (χ0n) is 7.97. The Labute approximate surface area is 87.9 Å². The molecule has 0 aliphatic rings. The van der Waals surface area contributed by atoms with Crippen molar-refractivity contribution in [3.8, 4) is 0 Å². The van der Waals surface area contributed by atoms with Crippen molar-refractivity contribution < 1.29 is 9.18 Å². The van der Waals surface area contributed by atoms with Crippen LogP contribution in [0.15, 0.2) is 24.3 Å². The Bertz CT molecular complexity index is 308. The highest BCUT2D eigenvalue weighted by Crippen LogP contribution is 2.21. The van der Waals surface area contributed by atoms with E-state index in [-0.39, 0.29) is 17.0 Å². The lowest BCUT2D eigenvalue weighted by Gasteiger charge is -2.09. The summed E-state index contributed by atoms with van der Waals surface area (Å²) in [6.45, 7) is 1.99. The van der Waals surface area contributed by atoms with Crippen molar-refractivity contribution in [1.29, 1.82) is 0 Å². The molecule has 0 heterocycles. The summed E-state index contributed by atoms with van der Waals surface area (Å²) in [6, 6.07) is 6.32.